The number of halogens is 1. The lowest BCUT2D eigenvalue weighted by Gasteiger charge is -2.25. The van der Waals surface area contributed by atoms with Crippen molar-refractivity contribution in [3.05, 3.63) is 76.5 Å². The van der Waals surface area contributed by atoms with Gasteiger partial charge in [0.1, 0.15) is 5.82 Å². The Bertz CT molecular complexity index is 1010. The monoisotopic (exact) mass is 439 g/mol. The van der Waals surface area contributed by atoms with Gasteiger partial charge >= 0.3 is 0 Å². The van der Waals surface area contributed by atoms with Crippen LogP contribution in [0.2, 0.25) is 0 Å². The number of carbonyl (C=O) groups excluding carboxylic acids is 1. The quantitative estimate of drug-likeness (QED) is 0.449. The molecule has 0 saturated heterocycles. The van der Waals surface area contributed by atoms with E-state index in [2.05, 4.69) is 47.0 Å². The van der Waals surface area contributed by atoms with Crippen LogP contribution in [0.15, 0.2) is 59.6 Å². The highest BCUT2D eigenvalue weighted by molar-refractivity contribution is 9.10. The highest BCUT2D eigenvalue weighted by Gasteiger charge is 2.21. The van der Waals surface area contributed by atoms with Gasteiger partial charge in [-0.05, 0) is 42.7 Å². The number of para-hydroxylation sites is 2. The Labute approximate surface area is 175 Å². The summed E-state index contributed by atoms with van der Waals surface area (Å²) in [6.07, 6.45) is 1.86. The number of aryl methyl sites for hydroxylation is 1. The van der Waals surface area contributed by atoms with Crippen molar-refractivity contribution < 1.29 is 4.79 Å². The van der Waals surface area contributed by atoms with Crippen molar-refractivity contribution in [3.63, 3.8) is 0 Å². The highest BCUT2D eigenvalue weighted by Crippen LogP contribution is 2.22. The fourth-order valence-electron chi connectivity index (χ4n) is 3.32. The predicted octanol–water partition coefficient (Wildman–Crippen LogP) is 5.59. The summed E-state index contributed by atoms with van der Waals surface area (Å²) in [5, 5.41) is 0. The first-order valence-electron chi connectivity index (χ1n) is 9.51. The molecule has 3 rings (SSSR count). The molecule has 28 heavy (non-hydrogen) atoms. The third-order valence-corrected chi connectivity index (χ3v) is 5.52. The van der Waals surface area contributed by atoms with Crippen molar-refractivity contribution in [2.75, 3.05) is 6.54 Å². The van der Waals surface area contributed by atoms with Crippen LogP contribution in [0.5, 0.6) is 0 Å². The van der Waals surface area contributed by atoms with E-state index in [0.717, 1.165) is 26.9 Å². The number of rotatable bonds is 7. The summed E-state index contributed by atoms with van der Waals surface area (Å²) in [7, 11) is 0. The van der Waals surface area contributed by atoms with Crippen molar-refractivity contribution in [1.29, 1.82) is 0 Å². The molecule has 0 bridgehead atoms. The number of hydrogen-bond acceptors (Lipinski definition) is 2. The molecule has 0 saturated carbocycles. The number of imidazole rings is 1. The molecule has 0 radical (unpaired) electrons. The number of hydrogen-bond donors (Lipinski definition) is 0. The zero-order valence-corrected chi connectivity index (χ0v) is 18.2. The molecular weight excluding hydrogens is 414 g/mol. The minimum absolute atomic E-state index is 0.0200. The molecular formula is C23H26BrN3O. The third-order valence-electron chi connectivity index (χ3n) is 4.67. The number of amides is 1. The first-order chi connectivity index (χ1) is 13.4. The van der Waals surface area contributed by atoms with Gasteiger partial charge in [0.25, 0.3) is 5.91 Å². The summed E-state index contributed by atoms with van der Waals surface area (Å²) in [6.45, 7) is 11.9. The van der Waals surface area contributed by atoms with Crippen molar-refractivity contribution in [2.45, 2.75) is 33.9 Å². The zero-order valence-electron chi connectivity index (χ0n) is 16.7. The van der Waals surface area contributed by atoms with E-state index in [1.165, 1.54) is 0 Å². The highest BCUT2D eigenvalue weighted by atomic mass is 79.9. The summed E-state index contributed by atoms with van der Waals surface area (Å²) < 4.78 is 3.08. The number of aromatic nitrogens is 2. The molecule has 4 nitrogen and oxygen atoms in total. The Morgan fingerprint density at radius 1 is 1.29 bits per heavy atom. The molecule has 0 spiro atoms. The van der Waals surface area contributed by atoms with E-state index < -0.39 is 0 Å². The zero-order chi connectivity index (χ0) is 20.3. The maximum absolute atomic E-state index is 13.3. The fraction of sp³-hybridized carbons (Fsp3) is 0.304. The molecule has 0 unspecified atom stereocenters. The van der Waals surface area contributed by atoms with Crippen LogP contribution in [0.1, 0.15) is 35.6 Å². The van der Waals surface area contributed by atoms with Crippen LogP contribution in [0.3, 0.4) is 0 Å². The maximum Gasteiger partial charge on any atom is 0.254 e. The van der Waals surface area contributed by atoms with Crippen LogP contribution >= 0.6 is 15.9 Å². The van der Waals surface area contributed by atoms with Crippen molar-refractivity contribution >= 4 is 32.9 Å². The van der Waals surface area contributed by atoms with E-state index in [1.54, 1.807) is 0 Å². The molecule has 0 aliphatic heterocycles. The average Bonchev–Trinajstić information content (AvgIpc) is 3.00. The Hall–Kier alpha value is -2.40. The predicted molar refractivity (Wildman–Crippen MR) is 118 cm³/mol. The van der Waals surface area contributed by atoms with Gasteiger partial charge < -0.3 is 9.47 Å². The van der Waals surface area contributed by atoms with Gasteiger partial charge in [0, 0.05) is 23.1 Å². The normalized spacial score (nSPS) is 11.2. The Morgan fingerprint density at radius 3 is 2.71 bits per heavy atom. The molecule has 3 aromatic rings. The summed E-state index contributed by atoms with van der Waals surface area (Å²) in [5.41, 5.74) is 3.80. The van der Waals surface area contributed by atoms with Crippen molar-refractivity contribution in [3.8, 4) is 0 Å². The molecule has 0 fully saturated rings. The standard InChI is InChI=1S/C23H26BrN3O/c1-5-12-27-21-9-7-6-8-20(21)25-22(27)15-26(14-16(2)3)23(28)18-11-10-17(4)19(24)13-18/h5-11,13,16H,1,12,14-15H2,2-4H3. The van der Waals surface area contributed by atoms with E-state index >= 15 is 0 Å². The number of carbonyl (C=O) groups is 1. The molecule has 0 aliphatic carbocycles. The second-order valence-electron chi connectivity index (χ2n) is 7.46. The first-order valence-corrected chi connectivity index (χ1v) is 10.3. The lowest BCUT2D eigenvalue weighted by Crippen LogP contribution is -2.34. The van der Waals surface area contributed by atoms with Gasteiger partial charge in [-0.25, -0.2) is 4.98 Å². The summed E-state index contributed by atoms with van der Waals surface area (Å²) in [5.74, 6) is 1.25. The largest absolute Gasteiger partial charge is 0.331 e. The fourth-order valence-corrected chi connectivity index (χ4v) is 3.70. The first kappa shape index (κ1) is 20.3. The topological polar surface area (TPSA) is 38.1 Å². The Balaban J connectivity index is 1.98. The second kappa shape index (κ2) is 8.74. The average molecular weight is 440 g/mol. The Morgan fingerprint density at radius 2 is 2.04 bits per heavy atom. The van der Waals surface area contributed by atoms with Crippen LogP contribution in [0, 0.1) is 12.8 Å². The minimum atomic E-state index is 0.0200. The summed E-state index contributed by atoms with van der Waals surface area (Å²) in [6, 6.07) is 13.8. The molecule has 0 atom stereocenters. The molecule has 1 amide bonds. The van der Waals surface area contributed by atoms with Gasteiger partial charge in [0.2, 0.25) is 0 Å². The van der Waals surface area contributed by atoms with E-state index in [0.29, 0.717) is 31.1 Å². The van der Waals surface area contributed by atoms with Gasteiger partial charge in [0.05, 0.1) is 17.6 Å². The molecule has 1 aromatic heterocycles. The molecule has 0 aliphatic rings. The number of benzene rings is 2. The van der Waals surface area contributed by atoms with Gasteiger partial charge in [-0.3, -0.25) is 4.79 Å². The number of allylic oxidation sites excluding steroid dienone is 1. The van der Waals surface area contributed by atoms with Gasteiger partial charge in [-0.2, -0.15) is 0 Å². The maximum atomic E-state index is 13.3. The molecule has 1 heterocycles. The Kier molecular flexibility index (Phi) is 6.35. The van der Waals surface area contributed by atoms with Crippen LogP contribution in [0.4, 0.5) is 0 Å². The minimum Gasteiger partial charge on any atom is -0.331 e. The van der Waals surface area contributed by atoms with Gasteiger partial charge in [0.15, 0.2) is 0 Å². The number of fused-ring (bicyclic) bond motifs is 1. The van der Waals surface area contributed by atoms with E-state index in [1.807, 2.05) is 54.3 Å². The summed E-state index contributed by atoms with van der Waals surface area (Å²) >= 11 is 3.54. The van der Waals surface area contributed by atoms with Crippen LogP contribution in [0.25, 0.3) is 11.0 Å². The smallest absolute Gasteiger partial charge is 0.254 e. The van der Waals surface area contributed by atoms with Gasteiger partial charge in [-0.15, -0.1) is 6.58 Å². The van der Waals surface area contributed by atoms with E-state index in [-0.39, 0.29) is 5.91 Å². The SMILES string of the molecule is C=CCn1c(CN(CC(C)C)C(=O)c2ccc(C)c(Br)c2)nc2ccccc21. The summed E-state index contributed by atoms with van der Waals surface area (Å²) in [4.78, 5) is 20.0. The van der Waals surface area contributed by atoms with E-state index in [9.17, 15) is 4.79 Å². The second-order valence-corrected chi connectivity index (χ2v) is 8.31. The molecule has 2 aromatic carbocycles. The van der Waals surface area contributed by atoms with Crippen LogP contribution in [-0.4, -0.2) is 26.9 Å². The van der Waals surface area contributed by atoms with Crippen LogP contribution < -0.4 is 0 Å². The van der Waals surface area contributed by atoms with Crippen LogP contribution in [-0.2, 0) is 13.1 Å². The molecule has 5 heteroatoms. The van der Waals surface area contributed by atoms with E-state index in [4.69, 9.17) is 4.98 Å². The third kappa shape index (κ3) is 4.36. The van der Waals surface area contributed by atoms with Crippen molar-refractivity contribution in [1.82, 2.24) is 14.5 Å². The van der Waals surface area contributed by atoms with Crippen molar-refractivity contribution in [2.24, 2.45) is 5.92 Å². The lowest BCUT2D eigenvalue weighted by atomic mass is 10.1. The molecule has 0 N–H and O–H groups in total. The number of nitrogens with zero attached hydrogens (tertiary/aromatic N) is 3. The molecule has 146 valence electrons. The lowest BCUT2D eigenvalue weighted by molar-refractivity contribution is 0.0716. The van der Waals surface area contributed by atoms with Gasteiger partial charge in [-0.1, -0.05) is 54.1 Å².